The fraction of sp³-hybridized carbons (Fsp3) is 0.583. The fourth-order valence-corrected chi connectivity index (χ4v) is 4.45. The number of nitrogens with one attached hydrogen (secondary N) is 1. The summed E-state index contributed by atoms with van der Waals surface area (Å²) in [5.41, 5.74) is 0. The fourth-order valence-electron chi connectivity index (χ4n) is 2.32. The molecule has 1 aliphatic carbocycles. The predicted molar refractivity (Wildman–Crippen MR) is 79.9 cm³/mol. The normalized spacial score (nSPS) is 24.1. The van der Waals surface area contributed by atoms with Crippen LogP contribution in [0.3, 0.4) is 0 Å². The van der Waals surface area contributed by atoms with Crippen molar-refractivity contribution in [3.05, 3.63) is 19.2 Å². The van der Waals surface area contributed by atoms with Gasteiger partial charge in [-0.25, -0.2) is 0 Å². The summed E-state index contributed by atoms with van der Waals surface area (Å²) in [5.74, 6) is -0.818. The molecule has 6 heteroatoms. The Morgan fingerprint density at radius 2 is 2.28 bits per heavy atom. The third-order valence-electron chi connectivity index (χ3n) is 3.28. The third-order valence-corrected chi connectivity index (χ3v) is 6.54. The van der Waals surface area contributed by atoms with Crippen LogP contribution in [0.4, 0.5) is 0 Å². The molecular weight excluding hydrogens is 382 g/mol. The van der Waals surface area contributed by atoms with E-state index in [1.807, 2.05) is 0 Å². The second-order valence-electron chi connectivity index (χ2n) is 4.61. The summed E-state index contributed by atoms with van der Waals surface area (Å²) in [6, 6.07) is 2.43. The molecule has 0 radical (unpaired) electrons. The van der Waals surface area contributed by atoms with E-state index in [0.717, 1.165) is 40.5 Å². The summed E-state index contributed by atoms with van der Waals surface area (Å²) in [7, 11) is 0. The average Bonchev–Trinajstić information content (AvgIpc) is 2.67. The first-order valence-corrected chi connectivity index (χ1v) is 8.36. The molecule has 0 aliphatic heterocycles. The van der Waals surface area contributed by atoms with Gasteiger partial charge in [0.15, 0.2) is 0 Å². The largest absolute Gasteiger partial charge is 0.481 e. The number of aliphatic carboxylic acids is 1. The Morgan fingerprint density at radius 1 is 1.50 bits per heavy atom. The molecule has 1 heterocycles. The molecule has 1 aromatic rings. The number of carbonyl (C=O) groups is 1. The summed E-state index contributed by atoms with van der Waals surface area (Å²) in [6.07, 6.45) is 3.66. The van der Waals surface area contributed by atoms with Gasteiger partial charge in [-0.2, -0.15) is 0 Å². The molecule has 2 atom stereocenters. The molecule has 100 valence electrons. The summed E-state index contributed by atoms with van der Waals surface area (Å²) in [4.78, 5) is 12.2. The zero-order chi connectivity index (χ0) is 13.1. The third kappa shape index (κ3) is 3.79. The maximum absolute atomic E-state index is 11.0. The molecule has 0 aromatic carbocycles. The van der Waals surface area contributed by atoms with Crippen LogP contribution in [0.1, 0.15) is 30.6 Å². The first kappa shape index (κ1) is 14.5. The molecule has 1 saturated carbocycles. The molecule has 2 N–H and O–H groups in total. The van der Waals surface area contributed by atoms with Gasteiger partial charge >= 0.3 is 5.97 Å². The van der Waals surface area contributed by atoms with Crippen LogP contribution in [0.15, 0.2) is 14.3 Å². The van der Waals surface area contributed by atoms with E-state index in [-0.39, 0.29) is 5.92 Å². The lowest BCUT2D eigenvalue weighted by Gasteiger charge is -2.27. The Balaban J connectivity index is 1.84. The van der Waals surface area contributed by atoms with Gasteiger partial charge in [-0.3, -0.25) is 4.79 Å². The van der Waals surface area contributed by atoms with E-state index in [1.54, 1.807) is 11.3 Å². The minimum absolute atomic E-state index is 0.168. The van der Waals surface area contributed by atoms with E-state index < -0.39 is 5.97 Å². The summed E-state index contributed by atoms with van der Waals surface area (Å²) >= 11 is 8.65. The molecule has 0 bridgehead atoms. The van der Waals surface area contributed by atoms with Gasteiger partial charge in [0.25, 0.3) is 0 Å². The zero-order valence-electron chi connectivity index (χ0n) is 9.79. The molecule has 0 amide bonds. The molecule has 0 saturated heterocycles. The topological polar surface area (TPSA) is 49.3 Å². The molecule has 1 aliphatic rings. The Morgan fingerprint density at radius 3 is 2.89 bits per heavy atom. The van der Waals surface area contributed by atoms with E-state index in [2.05, 4.69) is 43.2 Å². The number of hydrogen-bond acceptors (Lipinski definition) is 3. The summed E-state index contributed by atoms with van der Waals surface area (Å²) in [6.45, 7) is 0.811. The smallest absolute Gasteiger partial charge is 0.306 e. The Kier molecular flexibility index (Phi) is 5.24. The van der Waals surface area contributed by atoms with Crippen molar-refractivity contribution in [2.45, 2.75) is 38.3 Å². The number of hydrogen-bond donors (Lipinski definition) is 2. The van der Waals surface area contributed by atoms with Gasteiger partial charge in [0, 0.05) is 21.9 Å². The molecule has 1 aromatic heterocycles. The zero-order valence-corrected chi connectivity index (χ0v) is 13.8. The lowest BCUT2D eigenvalue weighted by Crippen LogP contribution is -2.35. The monoisotopic (exact) mass is 395 g/mol. The number of carboxylic acid groups (broad SMARTS) is 1. The number of halogens is 2. The first-order chi connectivity index (χ1) is 8.56. The molecule has 1 fully saturated rings. The van der Waals surface area contributed by atoms with Crippen molar-refractivity contribution in [3.8, 4) is 0 Å². The second kappa shape index (κ2) is 6.50. The minimum Gasteiger partial charge on any atom is -0.481 e. The van der Waals surface area contributed by atoms with E-state index in [1.165, 1.54) is 4.88 Å². The maximum Gasteiger partial charge on any atom is 0.306 e. The number of thiophene rings is 1. The van der Waals surface area contributed by atoms with Gasteiger partial charge in [0.05, 0.1) is 9.70 Å². The average molecular weight is 397 g/mol. The van der Waals surface area contributed by atoms with Gasteiger partial charge in [-0.05, 0) is 57.2 Å². The highest BCUT2D eigenvalue weighted by Gasteiger charge is 2.26. The highest BCUT2D eigenvalue weighted by molar-refractivity contribution is 9.13. The van der Waals surface area contributed by atoms with Gasteiger partial charge < -0.3 is 10.4 Å². The predicted octanol–water partition coefficient (Wildman–Crippen LogP) is 4.01. The second-order valence-corrected chi connectivity index (χ2v) is 7.92. The lowest BCUT2D eigenvalue weighted by molar-refractivity contribution is -0.143. The van der Waals surface area contributed by atoms with Crippen LogP contribution < -0.4 is 5.32 Å². The summed E-state index contributed by atoms with van der Waals surface area (Å²) in [5, 5.41) is 12.5. The maximum atomic E-state index is 11.0. The number of rotatable bonds is 4. The Hall–Kier alpha value is 0.0900. The highest BCUT2D eigenvalue weighted by Crippen LogP contribution is 2.32. The van der Waals surface area contributed by atoms with Crippen molar-refractivity contribution in [1.82, 2.24) is 5.32 Å². The van der Waals surface area contributed by atoms with E-state index in [9.17, 15) is 4.79 Å². The number of carboxylic acids is 1. The molecular formula is C12H15Br2NO2S. The Bertz CT molecular complexity index is 416. The Labute approximate surface area is 127 Å². The van der Waals surface area contributed by atoms with Crippen LogP contribution in [0.25, 0.3) is 0 Å². The van der Waals surface area contributed by atoms with Crippen molar-refractivity contribution >= 4 is 49.2 Å². The standard InChI is InChI=1S/C12H15Br2NO2S/c13-10-5-9(18-11(10)14)6-15-8-3-1-2-7(4-8)12(16)17/h5,7-8,15H,1-4,6H2,(H,16,17). The van der Waals surface area contributed by atoms with Crippen molar-refractivity contribution in [1.29, 1.82) is 0 Å². The molecule has 2 rings (SSSR count). The van der Waals surface area contributed by atoms with Crippen molar-refractivity contribution < 1.29 is 9.90 Å². The quantitative estimate of drug-likeness (QED) is 0.808. The van der Waals surface area contributed by atoms with Crippen LogP contribution in [-0.4, -0.2) is 17.1 Å². The molecule has 0 spiro atoms. The van der Waals surface area contributed by atoms with Crippen LogP contribution in [0, 0.1) is 5.92 Å². The van der Waals surface area contributed by atoms with Crippen LogP contribution >= 0.6 is 43.2 Å². The van der Waals surface area contributed by atoms with E-state index in [0.29, 0.717) is 6.04 Å². The first-order valence-electron chi connectivity index (χ1n) is 5.96. The van der Waals surface area contributed by atoms with Crippen molar-refractivity contribution in [2.24, 2.45) is 5.92 Å². The van der Waals surface area contributed by atoms with E-state index in [4.69, 9.17) is 5.11 Å². The molecule has 18 heavy (non-hydrogen) atoms. The van der Waals surface area contributed by atoms with Gasteiger partial charge in [0.1, 0.15) is 0 Å². The van der Waals surface area contributed by atoms with E-state index >= 15 is 0 Å². The highest BCUT2D eigenvalue weighted by atomic mass is 79.9. The van der Waals surface area contributed by atoms with Gasteiger partial charge in [-0.1, -0.05) is 6.42 Å². The SMILES string of the molecule is O=C(O)C1CCCC(NCc2cc(Br)c(Br)s2)C1. The van der Waals surface area contributed by atoms with Crippen molar-refractivity contribution in [3.63, 3.8) is 0 Å². The van der Waals surface area contributed by atoms with Crippen molar-refractivity contribution in [2.75, 3.05) is 0 Å². The van der Waals surface area contributed by atoms with Gasteiger partial charge in [-0.15, -0.1) is 11.3 Å². The van der Waals surface area contributed by atoms with Gasteiger partial charge in [0.2, 0.25) is 0 Å². The lowest BCUT2D eigenvalue weighted by atomic mass is 9.86. The van der Waals surface area contributed by atoms with Crippen LogP contribution in [0.5, 0.6) is 0 Å². The molecule has 3 nitrogen and oxygen atoms in total. The molecule has 2 unspecified atom stereocenters. The van der Waals surface area contributed by atoms with Crippen LogP contribution in [-0.2, 0) is 11.3 Å². The minimum atomic E-state index is -0.650. The van der Waals surface area contributed by atoms with Crippen LogP contribution in [0.2, 0.25) is 0 Å². The summed E-state index contributed by atoms with van der Waals surface area (Å²) < 4.78 is 2.18.